The van der Waals surface area contributed by atoms with Crippen molar-refractivity contribution in [1.82, 2.24) is 0 Å². The summed E-state index contributed by atoms with van der Waals surface area (Å²) in [6.07, 6.45) is 3.50. The molecule has 144 valence electrons. The summed E-state index contributed by atoms with van der Waals surface area (Å²) in [7, 11) is 0. The van der Waals surface area contributed by atoms with E-state index in [1.165, 1.54) is 13.8 Å². The summed E-state index contributed by atoms with van der Waals surface area (Å²) in [5.41, 5.74) is 0. The molecule has 0 N–H and O–H groups in total. The predicted octanol–water partition coefficient (Wildman–Crippen LogP) is 3.08. The van der Waals surface area contributed by atoms with Gasteiger partial charge < -0.3 is 18.9 Å². The van der Waals surface area contributed by atoms with E-state index in [0.717, 1.165) is 25.7 Å². The maximum absolute atomic E-state index is 11.1. The smallest absolute Gasteiger partial charge is 0.302 e. The lowest BCUT2D eigenvalue weighted by atomic mass is 9.81. The Morgan fingerprint density at radius 1 is 1.04 bits per heavy atom. The van der Waals surface area contributed by atoms with Crippen molar-refractivity contribution in [2.75, 3.05) is 13.2 Å². The third-order valence-electron chi connectivity index (χ3n) is 5.43. The van der Waals surface area contributed by atoms with E-state index >= 15 is 0 Å². The molecule has 0 aromatic rings. The molecular weight excluding hydrogens is 324 g/mol. The normalized spacial score (nSPS) is 36.7. The highest BCUT2D eigenvalue weighted by Gasteiger charge is 2.47. The van der Waals surface area contributed by atoms with Crippen LogP contribution in [-0.4, -0.2) is 43.1 Å². The largest absolute Gasteiger partial charge is 0.465 e. The second-order valence-corrected chi connectivity index (χ2v) is 7.76. The average Bonchev–Trinajstić information content (AvgIpc) is 2.56. The highest BCUT2D eigenvalue weighted by Crippen LogP contribution is 2.44. The van der Waals surface area contributed by atoms with Crippen molar-refractivity contribution in [2.45, 2.75) is 78.3 Å². The molecule has 0 bridgehead atoms. The van der Waals surface area contributed by atoms with E-state index in [1.54, 1.807) is 0 Å². The Morgan fingerprint density at radius 3 is 2.24 bits per heavy atom. The van der Waals surface area contributed by atoms with Crippen molar-refractivity contribution in [1.29, 1.82) is 0 Å². The fourth-order valence-electron chi connectivity index (χ4n) is 3.81. The fraction of sp³-hybridized carbons (Fsp3) is 0.895. The van der Waals surface area contributed by atoms with Gasteiger partial charge >= 0.3 is 11.9 Å². The van der Waals surface area contributed by atoms with E-state index in [1.807, 2.05) is 6.92 Å². The van der Waals surface area contributed by atoms with Crippen molar-refractivity contribution < 1.29 is 28.5 Å². The number of ether oxygens (including phenoxy) is 4. The number of carbonyl (C=O) groups is 2. The summed E-state index contributed by atoms with van der Waals surface area (Å²) in [6.45, 7) is 9.79. The number of hydrogen-bond acceptors (Lipinski definition) is 6. The minimum absolute atomic E-state index is 0.0177. The lowest BCUT2D eigenvalue weighted by Gasteiger charge is -2.50. The molecule has 1 spiro atoms. The zero-order valence-corrected chi connectivity index (χ0v) is 16.1. The zero-order chi connectivity index (χ0) is 18.6. The van der Waals surface area contributed by atoms with E-state index in [-0.39, 0.29) is 36.7 Å². The minimum atomic E-state index is -0.612. The molecule has 2 saturated heterocycles. The van der Waals surface area contributed by atoms with Gasteiger partial charge in [0, 0.05) is 32.6 Å². The first-order valence-electron chi connectivity index (χ1n) is 9.35. The van der Waals surface area contributed by atoms with Gasteiger partial charge in [0.05, 0.1) is 18.8 Å². The first kappa shape index (κ1) is 20.2. The summed E-state index contributed by atoms with van der Waals surface area (Å²) in [4.78, 5) is 22.2. The summed E-state index contributed by atoms with van der Waals surface area (Å²) in [6, 6.07) is 0. The van der Waals surface area contributed by atoms with Crippen LogP contribution in [0.4, 0.5) is 0 Å². The number of hydrogen-bond donors (Lipinski definition) is 0. The maximum atomic E-state index is 11.1. The van der Waals surface area contributed by atoms with Crippen LogP contribution in [0.5, 0.6) is 0 Å². The molecule has 2 rings (SSSR count). The van der Waals surface area contributed by atoms with Crippen molar-refractivity contribution >= 4 is 11.9 Å². The van der Waals surface area contributed by atoms with Crippen LogP contribution in [0.2, 0.25) is 0 Å². The van der Waals surface area contributed by atoms with Gasteiger partial charge in [0.2, 0.25) is 0 Å². The SMILES string of the molecule is CC(=O)OC[C@@H](C)[C@@H]1O[C@]2(CC[C@@H](C)[C@H](COC(C)=O)O2)CC[C@@H]1C. The molecule has 6 nitrogen and oxygen atoms in total. The molecule has 0 aromatic heterocycles. The first-order valence-corrected chi connectivity index (χ1v) is 9.35. The van der Waals surface area contributed by atoms with E-state index in [2.05, 4.69) is 13.8 Å². The van der Waals surface area contributed by atoms with Crippen LogP contribution < -0.4 is 0 Å². The Hall–Kier alpha value is -1.14. The summed E-state index contributed by atoms with van der Waals surface area (Å²) < 4.78 is 23.1. The summed E-state index contributed by atoms with van der Waals surface area (Å²) in [5, 5.41) is 0. The van der Waals surface area contributed by atoms with E-state index in [4.69, 9.17) is 18.9 Å². The quantitative estimate of drug-likeness (QED) is 0.705. The first-order chi connectivity index (χ1) is 11.7. The molecule has 0 saturated carbocycles. The maximum Gasteiger partial charge on any atom is 0.302 e. The molecule has 0 aromatic carbocycles. The number of rotatable bonds is 5. The molecule has 2 aliphatic heterocycles. The monoisotopic (exact) mass is 356 g/mol. The van der Waals surface area contributed by atoms with Crippen molar-refractivity contribution in [3.8, 4) is 0 Å². The lowest BCUT2D eigenvalue weighted by Crippen LogP contribution is -2.54. The molecule has 0 radical (unpaired) electrons. The highest BCUT2D eigenvalue weighted by molar-refractivity contribution is 5.66. The third-order valence-corrected chi connectivity index (χ3v) is 5.43. The van der Waals surface area contributed by atoms with Crippen LogP contribution >= 0.6 is 0 Å². The van der Waals surface area contributed by atoms with E-state index in [9.17, 15) is 9.59 Å². The van der Waals surface area contributed by atoms with E-state index in [0.29, 0.717) is 18.4 Å². The molecule has 25 heavy (non-hydrogen) atoms. The van der Waals surface area contributed by atoms with Gasteiger partial charge in [-0.05, 0) is 24.7 Å². The standard InChI is InChI=1S/C19H32O6/c1-12-6-8-19(24-17(12)11-23-16(5)21)9-7-13(2)18(25-19)14(3)10-22-15(4)20/h12-14,17-18H,6-11H2,1-5H3/t12-,13+,14-,17+,18-,19-/m1/s1. The van der Waals surface area contributed by atoms with Gasteiger partial charge in [-0.2, -0.15) is 0 Å². The third kappa shape index (κ3) is 5.42. The molecule has 0 unspecified atom stereocenters. The topological polar surface area (TPSA) is 71.1 Å². The van der Waals surface area contributed by atoms with Gasteiger partial charge in [-0.15, -0.1) is 0 Å². The summed E-state index contributed by atoms with van der Waals surface area (Å²) in [5.74, 6) is -0.364. The van der Waals surface area contributed by atoms with Crippen molar-refractivity contribution in [3.63, 3.8) is 0 Å². The Balaban J connectivity index is 2.01. The van der Waals surface area contributed by atoms with Crippen LogP contribution in [0.15, 0.2) is 0 Å². The van der Waals surface area contributed by atoms with Crippen LogP contribution in [0.1, 0.15) is 60.3 Å². The van der Waals surface area contributed by atoms with Gasteiger partial charge in [-0.25, -0.2) is 0 Å². The van der Waals surface area contributed by atoms with Gasteiger partial charge in [-0.1, -0.05) is 20.8 Å². The molecule has 2 aliphatic rings. The molecule has 2 heterocycles. The molecule has 2 fully saturated rings. The highest BCUT2D eigenvalue weighted by atomic mass is 16.7. The molecule has 6 heteroatoms. The van der Waals surface area contributed by atoms with Crippen molar-refractivity contribution in [3.05, 3.63) is 0 Å². The molecule has 0 aliphatic carbocycles. The predicted molar refractivity (Wildman–Crippen MR) is 91.7 cm³/mol. The van der Waals surface area contributed by atoms with Gasteiger partial charge in [0.1, 0.15) is 6.61 Å². The Labute approximate surface area is 150 Å². The van der Waals surface area contributed by atoms with Crippen molar-refractivity contribution in [2.24, 2.45) is 17.8 Å². The molecule has 0 amide bonds. The fourth-order valence-corrected chi connectivity index (χ4v) is 3.81. The minimum Gasteiger partial charge on any atom is -0.465 e. The Kier molecular flexibility index (Phi) is 6.86. The number of carbonyl (C=O) groups excluding carboxylic acids is 2. The lowest BCUT2D eigenvalue weighted by molar-refractivity contribution is -0.340. The van der Waals surface area contributed by atoms with Gasteiger partial charge in [-0.3, -0.25) is 9.59 Å². The van der Waals surface area contributed by atoms with Crippen LogP contribution in [-0.2, 0) is 28.5 Å². The zero-order valence-electron chi connectivity index (χ0n) is 16.1. The molecule has 6 atom stereocenters. The van der Waals surface area contributed by atoms with Crippen LogP contribution in [0.3, 0.4) is 0 Å². The van der Waals surface area contributed by atoms with Gasteiger partial charge in [0.15, 0.2) is 5.79 Å². The van der Waals surface area contributed by atoms with Gasteiger partial charge in [0.25, 0.3) is 0 Å². The second-order valence-electron chi connectivity index (χ2n) is 7.76. The summed E-state index contributed by atoms with van der Waals surface area (Å²) >= 11 is 0. The second kappa shape index (κ2) is 8.49. The average molecular weight is 356 g/mol. The van der Waals surface area contributed by atoms with Crippen LogP contribution in [0, 0.1) is 17.8 Å². The van der Waals surface area contributed by atoms with E-state index < -0.39 is 5.79 Å². The Bertz CT molecular complexity index is 475. The van der Waals surface area contributed by atoms with Crippen LogP contribution in [0.25, 0.3) is 0 Å². The number of esters is 2. The Morgan fingerprint density at radius 2 is 1.64 bits per heavy atom. The molecular formula is C19H32O6.